The van der Waals surface area contributed by atoms with Gasteiger partial charge in [-0.25, -0.2) is 4.79 Å². The molecule has 0 bridgehead atoms. The Balaban J connectivity index is 1.47. The van der Waals surface area contributed by atoms with Crippen molar-refractivity contribution in [1.29, 1.82) is 0 Å². The molecule has 110 valence electrons. The molecular formula is C17H19NO2S. The van der Waals surface area contributed by atoms with E-state index >= 15 is 0 Å². The first-order chi connectivity index (χ1) is 10.3. The predicted octanol–water partition coefficient (Wildman–Crippen LogP) is 3.11. The van der Waals surface area contributed by atoms with E-state index < -0.39 is 0 Å². The second kappa shape index (κ2) is 6.87. The largest absolute Gasteiger partial charge is 0.464 e. The highest BCUT2D eigenvalue weighted by molar-refractivity contribution is 7.10. The van der Waals surface area contributed by atoms with Crippen LogP contribution in [0.25, 0.3) is 0 Å². The van der Waals surface area contributed by atoms with Gasteiger partial charge in [-0.15, -0.1) is 11.3 Å². The molecule has 2 heterocycles. The summed E-state index contributed by atoms with van der Waals surface area (Å²) in [4.78, 5) is 13.5. The van der Waals surface area contributed by atoms with Crippen LogP contribution >= 0.6 is 11.3 Å². The molecule has 1 unspecified atom stereocenters. The van der Waals surface area contributed by atoms with E-state index in [-0.39, 0.29) is 12.0 Å². The number of esters is 1. The number of rotatable bonds is 5. The summed E-state index contributed by atoms with van der Waals surface area (Å²) < 4.78 is 5.43. The first-order valence-electron chi connectivity index (χ1n) is 7.35. The maximum atomic E-state index is 12.2. The third-order valence-corrected chi connectivity index (χ3v) is 4.72. The second-order valence-electron chi connectivity index (χ2n) is 5.19. The van der Waals surface area contributed by atoms with E-state index in [1.54, 1.807) is 11.3 Å². The monoisotopic (exact) mass is 301 g/mol. The molecular weight excluding hydrogens is 282 g/mol. The number of carbonyl (C=O) groups is 1. The molecule has 0 saturated heterocycles. The van der Waals surface area contributed by atoms with Gasteiger partial charge >= 0.3 is 5.97 Å². The Morgan fingerprint density at radius 2 is 2.14 bits per heavy atom. The molecule has 0 saturated carbocycles. The molecule has 0 amide bonds. The lowest BCUT2D eigenvalue weighted by Gasteiger charge is -2.22. The number of thiophene rings is 1. The van der Waals surface area contributed by atoms with Gasteiger partial charge in [0, 0.05) is 11.4 Å². The number of hydrogen-bond donors (Lipinski definition) is 1. The van der Waals surface area contributed by atoms with E-state index in [0.29, 0.717) is 6.61 Å². The fourth-order valence-corrected chi connectivity index (χ4v) is 3.56. The average molecular weight is 301 g/mol. The summed E-state index contributed by atoms with van der Waals surface area (Å²) in [6.07, 6.45) is 2.81. The molecule has 1 aliphatic heterocycles. The summed E-state index contributed by atoms with van der Waals surface area (Å²) in [7, 11) is 0. The Morgan fingerprint density at radius 3 is 3.00 bits per heavy atom. The zero-order valence-electron chi connectivity index (χ0n) is 11.9. The normalized spacial score (nSPS) is 17.2. The summed E-state index contributed by atoms with van der Waals surface area (Å²) in [5.41, 5.74) is 2.38. The first kappa shape index (κ1) is 14.3. The number of benzene rings is 1. The lowest BCUT2D eigenvalue weighted by atomic mass is 10.0. The number of fused-ring (bicyclic) bond motifs is 1. The zero-order valence-corrected chi connectivity index (χ0v) is 12.7. The molecule has 21 heavy (non-hydrogen) atoms. The van der Waals surface area contributed by atoms with Crippen molar-refractivity contribution in [2.24, 2.45) is 0 Å². The number of nitrogens with one attached hydrogen (secondary N) is 1. The lowest BCUT2D eigenvalue weighted by molar-refractivity contribution is -0.146. The predicted molar refractivity (Wildman–Crippen MR) is 84.5 cm³/mol. The minimum absolute atomic E-state index is 0.151. The standard InChI is InChI=1S/C17H19NO2S/c19-17(16-14-9-12-21-15(14)8-10-18-16)20-11-4-7-13-5-2-1-3-6-13/h1-3,5-6,9,12,16,18H,4,7-8,10-11H2. The van der Waals surface area contributed by atoms with Crippen molar-refractivity contribution < 1.29 is 9.53 Å². The van der Waals surface area contributed by atoms with Gasteiger partial charge in [0.15, 0.2) is 0 Å². The van der Waals surface area contributed by atoms with Crippen LogP contribution in [-0.4, -0.2) is 19.1 Å². The van der Waals surface area contributed by atoms with Crippen LogP contribution in [0.3, 0.4) is 0 Å². The lowest BCUT2D eigenvalue weighted by Crippen LogP contribution is -2.35. The molecule has 2 aromatic rings. The van der Waals surface area contributed by atoms with E-state index in [2.05, 4.69) is 17.4 Å². The van der Waals surface area contributed by atoms with Crippen LogP contribution in [0, 0.1) is 0 Å². The van der Waals surface area contributed by atoms with Crippen LogP contribution in [0.5, 0.6) is 0 Å². The van der Waals surface area contributed by atoms with Crippen molar-refractivity contribution in [1.82, 2.24) is 5.32 Å². The summed E-state index contributed by atoms with van der Waals surface area (Å²) in [6.45, 7) is 1.32. The zero-order chi connectivity index (χ0) is 14.5. The van der Waals surface area contributed by atoms with Crippen molar-refractivity contribution in [2.45, 2.75) is 25.3 Å². The molecule has 1 aromatic heterocycles. The molecule has 0 fully saturated rings. The molecule has 0 aliphatic carbocycles. The quantitative estimate of drug-likeness (QED) is 0.681. The molecule has 1 N–H and O–H groups in total. The van der Waals surface area contributed by atoms with Crippen molar-refractivity contribution in [2.75, 3.05) is 13.2 Å². The van der Waals surface area contributed by atoms with E-state index in [9.17, 15) is 4.79 Å². The first-order valence-corrected chi connectivity index (χ1v) is 8.23. The number of ether oxygens (including phenoxy) is 1. The summed E-state index contributed by atoms with van der Waals surface area (Å²) in [5.74, 6) is -0.151. The van der Waals surface area contributed by atoms with E-state index in [1.807, 2.05) is 29.6 Å². The molecule has 1 atom stereocenters. The van der Waals surface area contributed by atoms with Crippen LogP contribution < -0.4 is 5.32 Å². The number of carbonyl (C=O) groups excluding carboxylic acids is 1. The summed E-state index contributed by atoms with van der Waals surface area (Å²) in [6, 6.07) is 12.0. The van der Waals surface area contributed by atoms with Gasteiger partial charge in [-0.3, -0.25) is 0 Å². The van der Waals surface area contributed by atoms with Crippen molar-refractivity contribution in [3.63, 3.8) is 0 Å². The van der Waals surface area contributed by atoms with Gasteiger partial charge in [-0.2, -0.15) is 0 Å². The Labute approximate surface area is 129 Å². The molecule has 1 aliphatic rings. The smallest absolute Gasteiger partial charge is 0.327 e. The SMILES string of the molecule is O=C(OCCCc1ccccc1)C1NCCc2sccc21. The molecule has 3 rings (SSSR count). The maximum absolute atomic E-state index is 12.2. The van der Waals surface area contributed by atoms with Crippen LogP contribution in [0.2, 0.25) is 0 Å². The van der Waals surface area contributed by atoms with Gasteiger partial charge < -0.3 is 10.1 Å². The van der Waals surface area contributed by atoms with E-state index in [4.69, 9.17) is 4.74 Å². The molecule has 1 aromatic carbocycles. The summed E-state index contributed by atoms with van der Waals surface area (Å²) in [5, 5.41) is 5.30. The van der Waals surface area contributed by atoms with Crippen LogP contribution in [0.15, 0.2) is 41.8 Å². The second-order valence-corrected chi connectivity index (χ2v) is 6.19. The molecule has 0 spiro atoms. The Bertz CT molecular complexity index is 594. The summed E-state index contributed by atoms with van der Waals surface area (Å²) >= 11 is 1.72. The van der Waals surface area contributed by atoms with Crippen molar-refractivity contribution in [3.8, 4) is 0 Å². The van der Waals surface area contributed by atoms with Gasteiger partial charge in [0.05, 0.1) is 6.61 Å². The highest BCUT2D eigenvalue weighted by Crippen LogP contribution is 2.28. The van der Waals surface area contributed by atoms with Gasteiger partial charge in [0.2, 0.25) is 0 Å². The fraction of sp³-hybridized carbons (Fsp3) is 0.353. The van der Waals surface area contributed by atoms with Crippen molar-refractivity contribution >= 4 is 17.3 Å². The van der Waals surface area contributed by atoms with E-state index in [0.717, 1.165) is 31.4 Å². The van der Waals surface area contributed by atoms with E-state index in [1.165, 1.54) is 10.4 Å². The van der Waals surface area contributed by atoms with Gasteiger partial charge in [-0.05, 0) is 41.8 Å². The highest BCUT2D eigenvalue weighted by Gasteiger charge is 2.27. The third-order valence-electron chi connectivity index (χ3n) is 3.72. The van der Waals surface area contributed by atoms with Crippen LogP contribution in [0.1, 0.15) is 28.5 Å². The fourth-order valence-electron chi connectivity index (χ4n) is 2.64. The number of hydrogen-bond acceptors (Lipinski definition) is 4. The maximum Gasteiger partial charge on any atom is 0.327 e. The third kappa shape index (κ3) is 3.52. The number of aryl methyl sites for hydroxylation is 1. The van der Waals surface area contributed by atoms with Crippen molar-refractivity contribution in [3.05, 3.63) is 57.8 Å². The minimum atomic E-state index is -0.281. The van der Waals surface area contributed by atoms with Crippen LogP contribution in [0.4, 0.5) is 0 Å². The Kier molecular flexibility index (Phi) is 4.68. The molecule has 4 heteroatoms. The Morgan fingerprint density at radius 1 is 1.29 bits per heavy atom. The highest BCUT2D eigenvalue weighted by atomic mass is 32.1. The average Bonchev–Trinajstić information content (AvgIpc) is 3.01. The topological polar surface area (TPSA) is 38.3 Å². The minimum Gasteiger partial charge on any atom is -0.464 e. The van der Waals surface area contributed by atoms with Gasteiger partial charge in [0.25, 0.3) is 0 Å². The van der Waals surface area contributed by atoms with Gasteiger partial charge in [-0.1, -0.05) is 30.3 Å². The molecule has 0 radical (unpaired) electrons. The molecule has 3 nitrogen and oxygen atoms in total. The Hall–Kier alpha value is -1.65. The van der Waals surface area contributed by atoms with Crippen LogP contribution in [-0.2, 0) is 22.4 Å². The van der Waals surface area contributed by atoms with Gasteiger partial charge in [0.1, 0.15) is 6.04 Å².